The number of nitrogens with zero attached hydrogens (tertiary/aromatic N) is 5. The number of rotatable bonds is 5. The maximum Gasteiger partial charge on any atom is 0.332 e. The molecule has 0 amide bonds. The highest BCUT2D eigenvalue weighted by atomic mass is 16.5. The topological polar surface area (TPSA) is 92.5 Å². The molecule has 0 radical (unpaired) electrons. The number of aryl methyl sites for hydroxylation is 2. The molecule has 0 aliphatic rings. The Morgan fingerprint density at radius 1 is 1.12 bits per heavy atom. The van der Waals surface area contributed by atoms with Gasteiger partial charge in [-0.25, -0.2) is 4.79 Å². The van der Waals surface area contributed by atoms with Crippen molar-refractivity contribution in [2.75, 3.05) is 6.61 Å². The van der Waals surface area contributed by atoms with Gasteiger partial charge in [-0.05, 0) is 27.2 Å². The first-order chi connectivity index (χ1) is 12.3. The van der Waals surface area contributed by atoms with Crippen LogP contribution in [0.15, 0.2) is 9.59 Å². The molecule has 3 rings (SSSR count). The van der Waals surface area contributed by atoms with Crippen molar-refractivity contribution in [3.8, 4) is 0 Å². The molecule has 0 fully saturated rings. The Morgan fingerprint density at radius 3 is 2.42 bits per heavy atom. The first kappa shape index (κ1) is 18.0. The van der Waals surface area contributed by atoms with Crippen LogP contribution in [0.25, 0.3) is 16.9 Å². The zero-order valence-corrected chi connectivity index (χ0v) is 15.7. The van der Waals surface area contributed by atoms with Crippen molar-refractivity contribution in [1.29, 1.82) is 0 Å². The Morgan fingerprint density at radius 2 is 1.81 bits per heavy atom. The Balaban J connectivity index is 2.39. The summed E-state index contributed by atoms with van der Waals surface area (Å²) in [6.45, 7) is 8.01. The van der Waals surface area contributed by atoms with Crippen molar-refractivity contribution in [3.63, 3.8) is 0 Å². The summed E-state index contributed by atoms with van der Waals surface area (Å²) in [7, 11) is 1.60. The maximum atomic E-state index is 13.0. The van der Waals surface area contributed by atoms with E-state index in [2.05, 4.69) is 4.98 Å². The normalized spacial score (nSPS) is 11.6. The van der Waals surface area contributed by atoms with E-state index in [0.29, 0.717) is 36.5 Å². The summed E-state index contributed by atoms with van der Waals surface area (Å²) in [6.07, 6.45) is 0.671. The van der Waals surface area contributed by atoms with Crippen molar-refractivity contribution in [2.24, 2.45) is 7.05 Å². The molecule has 0 aromatic carbocycles. The fourth-order valence-corrected chi connectivity index (χ4v) is 3.26. The third-order valence-electron chi connectivity index (χ3n) is 4.67. The van der Waals surface area contributed by atoms with E-state index in [9.17, 15) is 14.4 Å². The lowest BCUT2D eigenvalue weighted by atomic mass is 10.3. The van der Waals surface area contributed by atoms with Gasteiger partial charge in [-0.3, -0.25) is 23.1 Å². The second-order valence-corrected chi connectivity index (χ2v) is 6.28. The molecule has 0 aliphatic heterocycles. The standard InChI is InChI=1S/C17H23N5O4/c1-6-8-20-15(24)13-14(19(5)17(20)25)18-16-21(9-12(23)26-7-2)10(3)11(4)22(13)16/h6-9H2,1-5H3. The van der Waals surface area contributed by atoms with Gasteiger partial charge in [0.2, 0.25) is 5.78 Å². The van der Waals surface area contributed by atoms with Gasteiger partial charge in [-0.15, -0.1) is 0 Å². The van der Waals surface area contributed by atoms with Crippen LogP contribution in [0.1, 0.15) is 31.7 Å². The fraction of sp³-hybridized carbons (Fsp3) is 0.529. The minimum atomic E-state index is -0.392. The molecule has 0 N–H and O–H groups in total. The van der Waals surface area contributed by atoms with Crippen molar-refractivity contribution < 1.29 is 9.53 Å². The van der Waals surface area contributed by atoms with Crippen molar-refractivity contribution >= 4 is 22.9 Å². The molecule has 0 bridgehead atoms. The van der Waals surface area contributed by atoms with Gasteiger partial charge in [-0.2, -0.15) is 4.98 Å². The summed E-state index contributed by atoms with van der Waals surface area (Å²) in [5.74, 6) is 0.0711. The number of carbonyl (C=O) groups excluding carboxylic acids is 1. The summed E-state index contributed by atoms with van der Waals surface area (Å²) < 4.78 is 11.1. The van der Waals surface area contributed by atoms with Gasteiger partial charge in [0, 0.05) is 25.0 Å². The zero-order valence-electron chi connectivity index (χ0n) is 15.7. The molecule has 0 aliphatic carbocycles. The van der Waals surface area contributed by atoms with E-state index in [1.807, 2.05) is 20.8 Å². The summed E-state index contributed by atoms with van der Waals surface area (Å²) in [4.78, 5) is 41.9. The van der Waals surface area contributed by atoms with Gasteiger partial charge < -0.3 is 9.30 Å². The average molecular weight is 361 g/mol. The lowest BCUT2D eigenvalue weighted by Gasteiger charge is -2.07. The Bertz CT molecular complexity index is 1130. The number of hydrogen-bond acceptors (Lipinski definition) is 5. The van der Waals surface area contributed by atoms with Gasteiger partial charge in [0.1, 0.15) is 6.54 Å². The number of hydrogen-bond donors (Lipinski definition) is 0. The lowest BCUT2D eigenvalue weighted by Crippen LogP contribution is -2.39. The second-order valence-electron chi connectivity index (χ2n) is 6.28. The van der Waals surface area contributed by atoms with E-state index >= 15 is 0 Å². The van der Waals surface area contributed by atoms with Gasteiger partial charge in [0.05, 0.1) is 6.61 Å². The molecule has 0 spiro atoms. The number of imidazole rings is 2. The van der Waals surface area contributed by atoms with Crippen LogP contribution in [0.4, 0.5) is 0 Å². The SMILES string of the molecule is CCCn1c(=O)c2c(nc3n(CC(=O)OCC)c(C)c(C)n23)n(C)c1=O. The molecule has 9 heteroatoms. The molecule has 140 valence electrons. The molecule has 0 unspecified atom stereocenters. The number of carbonyl (C=O) groups is 1. The Kier molecular flexibility index (Phi) is 4.47. The highest BCUT2D eigenvalue weighted by molar-refractivity contribution is 5.77. The van der Waals surface area contributed by atoms with Crippen molar-refractivity contribution in [1.82, 2.24) is 23.1 Å². The van der Waals surface area contributed by atoms with Crippen molar-refractivity contribution in [2.45, 2.75) is 47.2 Å². The first-order valence-electron chi connectivity index (χ1n) is 8.66. The number of aromatic nitrogens is 5. The average Bonchev–Trinajstić information content (AvgIpc) is 3.09. The molecule has 3 aromatic rings. The van der Waals surface area contributed by atoms with Gasteiger partial charge in [0.15, 0.2) is 11.2 Å². The van der Waals surface area contributed by atoms with Gasteiger partial charge in [0.25, 0.3) is 5.56 Å². The molecule has 3 heterocycles. The van der Waals surface area contributed by atoms with Gasteiger partial charge in [-0.1, -0.05) is 6.92 Å². The van der Waals surface area contributed by atoms with E-state index < -0.39 is 5.69 Å². The summed E-state index contributed by atoms with van der Waals surface area (Å²) in [6, 6.07) is 0. The highest BCUT2D eigenvalue weighted by Crippen LogP contribution is 2.20. The highest BCUT2D eigenvalue weighted by Gasteiger charge is 2.23. The van der Waals surface area contributed by atoms with Crippen LogP contribution < -0.4 is 11.2 Å². The van der Waals surface area contributed by atoms with Crippen LogP contribution in [0.5, 0.6) is 0 Å². The lowest BCUT2D eigenvalue weighted by molar-refractivity contribution is -0.143. The van der Waals surface area contributed by atoms with Crippen LogP contribution in [-0.4, -0.2) is 35.7 Å². The number of fused-ring (bicyclic) bond motifs is 3. The summed E-state index contributed by atoms with van der Waals surface area (Å²) in [5.41, 5.74) is 1.51. The molecular weight excluding hydrogens is 338 g/mol. The van der Waals surface area contributed by atoms with E-state index in [-0.39, 0.29) is 18.1 Å². The van der Waals surface area contributed by atoms with Crippen LogP contribution >= 0.6 is 0 Å². The minimum Gasteiger partial charge on any atom is -0.465 e. The quantitative estimate of drug-likeness (QED) is 0.625. The van der Waals surface area contributed by atoms with Crippen LogP contribution in [0, 0.1) is 13.8 Å². The minimum absolute atomic E-state index is 0.00255. The largest absolute Gasteiger partial charge is 0.465 e. The van der Waals surface area contributed by atoms with E-state index in [0.717, 1.165) is 11.4 Å². The first-order valence-corrected chi connectivity index (χ1v) is 8.66. The Labute approximate surface area is 149 Å². The van der Waals surface area contributed by atoms with Crippen LogP contribution in [0.2, 0.25) is 0 Å². The van der Waals surface area contributed by atoms with Gasteiger partial charge >= 0.3 is 11.7 Å². The van der Waals surface area contributed by atoms with Crippen molar-refractivity contribution in [3.05, 3.63) is 32.2 Å². The monoisotopic (exact) mass is 361 g/mol. The zero-order chi connectivity index (χ0) is 19.2. The molecule has 0 saturated carbocycles. The fourth-order valence-electron chi connectivity index (χ4n) is 3.26. The molecule has 3 aromatic heterocycles. The number of esters is 1. The van der Waals surface area contributed by atoms with E-state index in [4.69, 9.17) is 4.74 Å². The predicted molar refractivity (Wildman–Crippen MR) is 96.6 cm³/mol. The summed E-state index contributed by atoms with van der Waals surface area (Å²) >= 11 is 0. The molecule has 0 saturated heterocycles. The Hall–Kier alpha value is -2.84. The third kappa shape index (κ3) is 2.46. The molecule has 9 nitrogen and oxygen atoms in total. The third-order valence-corrected chi connectivity index (χ3v) is 4.67. The number of ether oxygens (including phenoxy) is 1. The smallest absolute Gasteiger partial charge is 0.332 e. The predicted octanol–water partition coefficient (Wildman–Crippen LogP) is 0.739. The van der Waals surface area contributed by atoms with Crippen LogP contribution in [-0.2, 0) is 29.7 Å². The van der Waals surface area contributed by atoms with E-state index in [1.165, 1.54) is 9.13 Å². The molecule has 26 heavy (non-hydrogen) atoms. The van der Waals surface area contributed by atoms with E-state index in [1.54, 1.807) is 22.9 Å². The second kappa shape index (κ2) is 6.47. The molecular formula is C17H23N5O4. The summed E-state index contributed by atoms with van der Waals surface area (Å²) in [5, 5.41) is 0. The maximum absolute atomic E-state index is 13.0. The van der Waals surface area contributed by atoms with Crippen LogP contribution in [0.3, 0.4) is 0 Å². The molecule has 0 atom stereocenters.